The van der Waals surface area contributed by atoms with E-state index in [4.69, 9.17) is 9.84 Å². The normalized spacial score (nSPS) is 35.7. The molecular formula is C11H15NO4. The summed E-state index contributed by atoms with van der Waals surface area (Å²) in [6, 6.07) is 0.00468. The van der Waals surface area contributed by atoms with E-state index in [-0.39, 0.29) is 18.1 Å². The number of nitrogens with one attached hydrogen (secondary N) is 1. The van der Waals surface area contributed by atoms with Crippen molar-refractivity contribution >= 4 is 11.9 Å². The highest BCUT2D eigenvalue weighted by molar-refractivity contribution is 5.87. The van der Waals surface area contributed by atoms with E-state index in [0.29, 0.717) is 0 Å². The fraction of sp³-hybridized carbons (Fsp3) is 0.636. The maximum Gasteiger partial charge on any atom is 0.310 e. The van der Waals surface area contributed by atoms with Crippen LogP contribution in [0.25, 0.3) is 0 Å². The van der Waals surface area contributed by atoms with Crippen molar-refractivity contribution in [2.45, 2.75) is 32.1 Å². The van der Waals surface area contributed by atoms with Gasteiger partial charge in [0.05, 0.1) is 18.1 Å². The number of fused-ring (bicyclic) bond motifs is 2. The van der Waals surface area contributed by atoms with E-state index in [2.05, 4.69) is 5.32 Å². The van der Waals surface area contributed by atoms with Crippen LogP contribution in [-0.2, 0) is 14.3 Å². The summed E-state index contributed by atoms with van der Waals surface area (Å²) in [6.45, 7) is 3.69. The summed E-state index contributed by atoms with van der Waals surface area (Å²) in [7, 11) is 0. The molecule has 0 unspecified atom stereocenters. The average Bonchev–Trinajstić information content (AvgIpc) is 2.74. The van der Waals surface area contributed by atoms with Crippen LogP contribution in [0.1, 0.15) is 13.8 Å². The van der Waals surface area contributed by atoms with E-state index in [9.17, 15) is 9.59 Å². The Morgan fingerprint density at radius 2 is 1.81 bits per heavy atom. The van der Waals surface area contributed by atoms with Gasteiger partial charge in [0.25, 0.3) is 0 Å². The Labute approximate surface area is 93.5 Å². The molecule has 0 aromatic carbocycles. The highest BCUT2D eigenvalue weighted by Gasteiger charge is 2.53. The molecule has 2 N–H and O–H groups in total. The second kappa shape index (κ2) is 3.90. The van der Waals surface area contributed by atoms with Crippen LogP contribution in [0.15, 0.2) is 12.2 Å². The number of carboxylic acids is 1. The number of hydrogen-bond donors (Lipinski definition) is 2. The molecular weight excluding hydrogens is 210 g/mol. The van der Waals surface area contributed by atoms with Gasteiger partial charge in [-0.15, -0.1) is 0 Å². The molecule has 2 aliphatic heterocycles. The Hall–Kier alpha value is -1.36. The molecule has 2 rings (SSSR count). The zero-order chi connectivity index (χ0) is 11.9. The molecule has 0 aliphatic carbocycles. The van der Waals surface area contributed by atoms with Gasteiger partial charge in [0.15, 0.2) is 0 Å². The van der Waals surface area contributed by atoms with Crippen molar-refractivity contribution < 1.29 is 19.4 Å². The summed E-state index contributed by atoms with van der Waals surface area (Å²) in [5, 5.41) is 11.8. The number of rotatable bonds is 3. The van der Waals surface area contributed by atoms with Crippen molar-refractivity contribution in [1.29, 1.82) is 0 Å². The summed E-state index contributed by atoms with van der Waals surface area (Å²) < 4.78 is 5.41. The number of carbonyl (C=O) groups excluding carboxylic acids is 1. The van der Waals surface area contributed by atoms with Crippen molar-refractivity contribution in [2.75, 3.05) is 0 Å². The van der Waals surface area contributed by atoms with Gasteiger partial charge in [-0.2, -0.15) is 0 Å². The van der Waals surface area contributed by atoms with Crippen molar-refractivity contribution in [1.82, 2.24) is 5.32 Å². The van der Waals surface area contributed by atoms with E-state index in [1.54, 1.807) is 12.2 Å². The molecule has 0 spiro atoms. The third-order valence-corrected chi connectivity index (χ3v) is 2.92. The topological polar surface area (TPSA) is 75.6 Å². The van der Waals surface area contributed by atoms with Crippen LogP contribution in [0, 0.1) is 11.8 Å². The van der Waals surface area contributed by atoms with E-state index in [1.165, 1.54) is 0 Å². The molecule has 2 heterocycles. The van der Waals surface area contributed by atoms with Crippen molar-refractivity contribution in [3.05, 3.63) is 12.2 Å². The number of hydrogen-bond acceptors (Lipinski definition) is 3. The van der Waals surface area contributed by atoms with Gasteiger partial charge in [-0.1, -0.05) is 12.2 Å². The minimum atomic E-state index is -0.972. The summed E-state index contributed by atoms with van der Waals surface area (Å²) >= 11 is 0. The molecule has 2 bridgehead atoms. The summed E-state index contributed by atoms with van der Waals surface area (Å²) in [4.78, 5) is 23.0. The average molecular weight is 225 g/mol. The van der Waals surface area contributed by atoms with Crippen molar-refractivity contribution in [3.8, 4) is 0 Å². The largest absolute Gasteiger partial charge is 0.481 e. The van der Waals surface area contributed by atoms with Gasteiger partial charge in [0.1, 0.15) is 5.92 Å². The highest BCUT2D eigenvalue weighted by atomic mass is 16.5. The quantitative estimate of drug-likeness (QED) is 0.671. The van der Waals surface area contributed by atoms with Gasteiger partial charge in [0.2, 0.25) is 5.91 Å². The summed E-state index contributed by atoms with van der Waals surface area (Å²) in [6.07, 6.45) is 2.66. The Morgan fingerprint density at radius 1 is 1.25 bits per heavy atom. The second-order valence-corrected chi connectivity index (χ2v) is 4.50. The lowest BCUT2D eigenvalue weighted by Crippen LogP contribution is -2.44. The van der Waals surface area contributed by atoms with Crippen molar-refractivity contribution in [2.24, 2.45) is 11.8 Å². The Bertz CT molecular complexity index is 350. The number of amides is 1. The molecule has 2 aliphatic rings. The van der Waals surface area contributed by atoms with E-state index in [0.717, 1.165) is 0 Å². The second-order valence-electron chi connectivity index (χ2n) is 4.50. The van der Waals surface area contributed by atoms with Crippen LogP contribution in [0.5, 0.6) is 0 Å². The molecule has 0 aromatic heterocycles. The first kappa shape index (κ1) is 11.1. The Kier molecular flexibility index (Phi) is 2.71. The third-order valence-electron chi connectivity index (χ3n) is 2.92. The highest BCUT2D eigenvalue weighted by Crippen LogP contribution is 2.39. The Morgan fingerprint density at radius 3 is 2.31 bits per heavy atom. The van der Waals surface area contributed by atoms with Crippen LogP contribution in [0.2, 0.25) is 0 Å². The first-order valence-electron chi connectivity index (χ1n) is 5.37. The molecule has 4 atom stereocenters. The van der Waals surface area contributed by atoms with Crippen LogP contribution in [-0.4, -0.2) is 35.2 Å². The molecule has 0 saturated carbocycles. The van der Waals surface area contributed by atoms with Crippen LogP contribution >= 0.6 is 0 Å². The van der Waals surface area contributed by atoms with Gasteiger partial charge in [-0.25, -0.2) is 0 Å². The zero-order valence-electron chi connectivity index (χ0n) is 9.21. The van der Waals surface area contributed by atoms with E-state index in [1.807, 2.05) is 13.8 Å². The van der Waals surface area contributed by atoms with Crippen LogP contribution in [0.4, 0.5) is 0 Å². The molecule has 5 nitrogen and oxygen atoms in total. The number of ether oxygens (including phenoxy) is 1. The molecule has 88 valence electrons. The number of carboxylic acid groups (broad SMARTS) is 1. The Balaban J connectivity index is 2.16. The maximum absolute atomic E-state index is 11.9. The molecule has 1 amide bonds. The molecule has 1 saturated heterocycles. The molecule has 0 aromatic rings. The van der Waals surface area contributed by atoms with Crippen LogP contribution < -0.4 is 5.32 Å². The SMILES string of the molecule is CC(C)NC(=O)[C@H]1[C@@H](C(=O)O)[C@H]2C=C[C@H]1O2. The maximum atomic E-state index is 11.9. The zero-order valence-corrected chi connectivity index (χ0v) is 9.21. The van der Waals surface area contributed by atoms with Gasteiger partial charge in [0, 0.05) is 6.04 Å². The predicted molar refractivity (Wildman–Crippen MR) is 55.7 cm³/mol. The fourth-order valence-corrected chi connectivity index (χ4v) is 2.30. The first-order valence-corrected chi connectivity index (χ1v) is 5.37. The van der Waals surface area contributed by atoms with E-state index < -0.39 is 23.9 Å². The molecule has 1 fully saturated rings. The van der Waals surface area contributed by atoms with E-state index >= 15 is 0 Å². The molecule has 5 heteroatoms. The first-order chi connectivity index (χ1) is 7.50. The predicted octanol–water partition coefficient (Wildman–Crippen LogP) is 0.165. The monoisotopic (exact) mass is 225 g/mol. The lowest BCUT2D eigenvalue weighted by molar-refractivity contribution is -0.146. The smallest absolute Gasteiger partial charge is 0.310 e. The third kappa shape index (κ3) is 1.71. The lowest BCUT2D eigenvalue weighted by atomic mass is 9.82. The van der Waals surface area contributed by atoms with Crippen LogP contribution in [0.3, 0.4) is 0 Å². The molecule has 16 heavy (non-hydrogen) atoms. The van der Waals surface area contributed by atoms with Gasteiger partial charge in [-0.3, -0.25) is 9.59 Å². The van der Waals surface area contributed by atoms with Gasteiger partial charge >= 0.3 is 5.97 Å². The molecule has 0 radical (unpaired) electrons. The standard InChI is InChI=1S/C11H15NO4/c1-5(2)12-10(13)8-6-3-4-7(16-6)9(8)11(14)15/h3-9H,1-2H3,(H,12,13)(H,14,15)/t6-,7-,8-,9+/m1/s1. The lowest BCUT2D eigenvalue weighted by Gasteiger charge is -2.22. The summed E-state index contributed by atoms with van der Waals surface area (Å²) in [5.41, 5.74) is 0. The summed E-state index contributed by atoms with van der Waals surface area (Å²) in [5.74, 6) is -2.57. The number of aliphatic carboxylic acids is 1. The van der Waals surface area contributed by atoms with Gasteiger partial charge < -0.3 is 15.2 Å². The minimum Gasteiger partial charge on any atom is -0.481 e. The van der Waals surface area contributed by atoms with Crippen molar-refractivity contribution in [3.63, 3.8) is 0 Å². The van der Waals surface area contributed by atoms with Gasteiger partial charge in [-0.05, 0) is 13.8 Å². The number of carbonyl (C=O) groups is 2. The fourth-order valence-electron chi connectivity index (χ4n) is 2.30. The minimum absolute atomic E-state index is 0.00468.